The molecular weight excluding hydrogens is 511 g/mol. The fourth-order valence-corrected chi connectivity index (χ4v) is 5.40. The van der Waals surface area contributed by atoms with E-state index in [4.69, 9.17) is 4.74 Å². The van der Waals surface area contributed by atoms with Crippen LogP contribution in [0, 0.1) is 0 Å². The summed E-state index contributed by atoms with van der Waals surface area (Å²) in [6.45, 7) is 2.02. The maximum absolute atomic E-state index is 13.5. The lowest BCUT2D eigenvalue weighted by Crippen LogP contribution is -2.46. The van der Waals surface area contributed by atoms with Gasteiger partial charge in [0.1, 0.15) is 10.6 Å². The lowest BCUT2D eigenvalue weighted by Gasteiger charge is -2.38. The van der Waals surface area contributed by atoms with Gasteiger partial charge in [0.2, 0.25) is 0 Å². The van der Waals surface area contributed by atoms with Gasteiger partial charge in [0.15, 0.2) is 0 Å². The summed E-state index contributed by atoms with van der Waals surface area (Å²) >= 11 is 0. The topological polar surface area (TPSA) is 99.2 Å². The molecule has 196 valence electrons. The first kappa shape index (κ1) is 26.1. The molecule has 37 heavy (non-hydrogen) atoms. The molecule has 1 aliphatic heterocycles. The molecule has 1 aliphatic rings. The number of para-hydroxylation sites is 1. The molecule has 0 amide bonds. The van der Waals surface area contributed by atoms with E-state index < -0.39 is 32.6 Å². The number of carboxylic acids is 1. The average Bonchev–Trinajstić information content (AvgIpc) is 2.88. The zero-order valence-corrected chi connectivity index (χ0v) is 20.5. The van der Waals surface area contributed by atoms with Crippen molar-refractivity contribution in [1.29, 1.82) is 0 Å². The molecule has 8 nitrogen and oxygen atoms in total. The van der Waals surface area contributed by atoms with Crippen molar-refractivity contribution < 1.29 is 36.2 Å². The minimum atomic E-state index is -4.70. The monoisotopic (exact) mass is 535 g/mol. The highest BCUT2D eigenvalue weighted by Crippen LogP contribution is 2.38. The maximum atomic E-state index is 13.5. The number of alkyl halides is 3. The number of ether oxygens (including phenoxy) is 1. The van der Waals surface area contributed by atoms with Crippen molar-refractivity contribution in [2.24, 2.45) is 0 Å². The van der Waals surface area contributed by atoms with E-state index in [-0.39, 0.29) is 22.7 Å². The van der Waals surface area contributed by atoms with Crippen molar-refractivity contribution in [2.45, 2.75) is 11.1 Å². The van der Waals surface area contributed by atoms with Crippen LogP contribution < -0.4 is 19.3 Å². The van der Waals surface area contributed by atoms with Crippen LogP contribution in [0.1, 0.15) is 15.9 Å². The smallest absolute Gasteiger partial charge is 0.416 e. The lowest BCUT2D eigenvalue weighted by molar-refractivity contribution is -0.137. The number of nitrogens with zero attached hydrogens (tertiary/aromatic N) is 2. The minimum absolute atomic E-state index is 0.150. The highest BCUT2D eigenvalue weighted by molar-refractivity contribution is 7.92. The number of rotatable bonds is 7. The lowest BCUT2D eigenvalue weighted by atomic mass is 10.1. The van der Waals surface area contributed by atoms with Gasteiger partial charge in [-0.1, -0.05) is 18.2 Å². The quantitative estimate of drug-likeness (QED) is 0.458. The molecule has 1 saturated heterocycles. The third kappa shape index (κ3) is 5.74. The summed E-state index contributed by atoms with van der Waals surface area (Å²) in [5, 5.41) is 9.28. The fourth-order valence-electron chi connectivity index (χ4n) is 4.13. The average molecular weight is 536 g/mol. The standard InChI is InChI=1S/C25H24F3N3O5S/c1-36-22-10-7-17(24(32)33)15-23(22)37(34,35)29-20-16-18(25(26,27)28)8-9-21(20)31-13-11-30(12-14-31)19-5-3-2-4-6-19/h2-10,15-16,29H,11-14H2,1H3,(H,32,33). The number of carboxylic acid groups (broad SMARTS) is 1. The Balaban J connectivity index is 1.69. The number of aromatic carboxylic acids is 1. The van der Waals surface area contributed by atoms with Gasteiger partial charge in [-0.2, -0.15) is 13.2 Å². The van der Waals surface area contributed by atoms with Crippen molar-refractivity contribution in [1.82, 2.24) is 0 Å². The van der Waals surface area contributed by atoms with Gasteiger partial charge in [0, 0.05) is 31.9 Å². The van der Waals surface area contributed by atoms with Crippen molar-refractivity contribution in [3.63, 3.8) is 0 Å². The minimum Gasteiger partial charge on any atom is -0.495 e. The molecule has 1 heterocycles. The van der Waals surface area contributed by atoms with Gasteiger partial charge in [-0.3, -0.25) is 4.72 Å². The van der Waals surface area contributed by atoms with Gasteiger partial charge in [0.25, 0.3) is 10.0 Å². The Labute approximate surface area is 211 Å². The van der Waals surface area contributed by atoms with Crippen LogP contribution in [0.25, 0.3) is 0 Å². The first-order valence-electron chi connectivity index (χ1n) is 11.2. The van der Waals surface area contributed by atoms with Crippen LogP contribution in [0.3, 0.4) is 0 Å². The second-order valence-electron chi connectivity index (χ2n) is 8.32. The number of anilines is 3. The molecule has 2 N–H and O–H groups in total. The van der Waals surface area contributed by atoms with Crippen LogP contribution in [0.15, 0.2) is 71.6 Å². The van der Waals surface area contributed by atoms with Crippen LogP contribution in [-0.2, 0) is 16.2 Å². The molecule has 0 aromatic heterocycles. The summed E-state index contributed by atoms with van der Waals surface area (Å²) in [4.78, 5) is 14.8. The zero-order chi connectivity index (χ0) is 26.8. The van der Waals surface area contributed by atoms with E-state index >= 15 is 0 Å². The molecule has 0 bridgehead atoms. The number of hydrogen-bond acceptors (Lipinski definition) is 6. The van der Waals surface area contributed by atoms with Crippen molar-refractivity contribution in [3.8, 4) is 5.75 Å². The maximum Gasteiger partial charge on any atom is 0.416 e. The van der Waals surface area contributed by atoms with Crippen LogP contribution in [0.5, 0.6) is 5.75 Å². The largest absolute Gasteiger partial charge is 0.495 e. The van der Waals surface area contributed by atoms with Crippen LogP contribution >= 0.6 is 0 Å². The van der Waals surface area contributed by atoms with E-state index in [1.165, 1.54) is 25.3 Å². The molecule has 0 aliphatic carbocycles. The molecule has 0 atom stereocenters. The summed E-state index contributed by atoms with van der Waals surface area (Å²) in [6.07, 6.45) is -4.70. The summed E-state index contributed by atoms with van der Waals surface area (Å²) in [5.41, 5.74) is -0.324. The molecular formula is C25H24F3N3O5S. The third-order valence-electron chi connectivity index (χ3n) is 6.01. The van der Waals surface area contributed by atoms with Crippen LogP contribution in [0.4, 0.5) is 30.2 Å². The Hall–Kier alpha value is -3.93. The summed E-state index contributed by atoms with van der Waals surface area (Å²) in [7, 11) is -3.33. The molecule has 0 saturated carbocycles. The number of hydrogen-bond donors (Lipinski definition) is 2. The highest BCUT2D eigenvalue weighted by Gasteiger charge is 2.33. The predicted molar refractivity (Wildman–Crippen MR) is 133 cm³/mol. The molecule has 3 aromatic rings. The Morgan fingerprint density at radius 1 is 0.946 bits per heavy atom. The van der Waals surface area contributed by atoms with E-state index in [1.807, 2.05) is 35.2 Å². The van der Waals surface area contributed by atoms with Crippen molar-refractivity contribution in [2.75, 3.05) is 47.8 Å². The van der Waals surface area contributed by atoms with E-state index in [0.29, 0.717) is 26.2 Å². The van der Waals surface area contributed by atoms with Gasteiger partial charge in [-0.05, 0) is 48.5 Å². The Morgan fingerprint density at radius 2 is 1.59 bits per heavy atom. The Morgan fingerprint density at radius 3 is 2.19 bits per heavy atom. The van der Waals surface area contributed by atoms with E-state index in [9.17, 15) is 31.5 Å². The second-order valence-corrected chi connectivity index (χ2v) is 9.97. The Bertz CT molecular complexity index is 1390. The molecule has 12 heteroatoms. The molecule has 0 radical (unpaired) electrons. The Kier molecular flexibility index (Phi) is 7.21. The molecule has 4 rings (SSSR count). The van der Waals surface area contributed by atoms with Gasteiger partial charge < -0.3 is 19.6 Å². The predicted octanol–water partition coefficient (Wildman–Crippen LogP) is 4.54. The molecule has 1 fully saturated rings. The number of piperazine rings is 1. The number of benzene rings is 3. The van der Waals surface area contributed by atoms with Crippen LogP contribution in [0.2, 0.25) is 0 Å². The second kappa shape index (κ2) is 10.2. The van der Waals surface area contributed by atoms with Crippen molar-refractivity contribution in [3.05, 3.63) is 77.9 Å². The summed E-state index contributed by atoms with van der Waals surface area (Å²) in [6, 6.07) is 15.8. The first-order valence-corrected chi connectivity index (χ1v) is 12.7. The summed E-state index contributed by atoms with van der Waals surface area (Å²) < 4.78 is 74.5. The SMILES string of the molecule is COc1ccc(C(=O)O)cc1S(=O)(=O)Nc1cc(C(F)(F)F)ccc1N1CCN(c2ccccc2)CC1. The van der Waals surface area contributed by atoms with Gasteiger partial charge in [-0.25, -0.2) is 13.2 Å². The van der Waals surface area contributed by atoms with Crippen LogP contribution in [-0.4, -0.2) is 52.8 Å². The number of halogens is 3. The highest BCUT2D eigenvalue weighted by atomic mass is 32.2. The molecule has 0 unspecified atom stereocenters. The first-order chi connectivity index (χ1) is 17.5. The number of carbonyl (C=O) groups is 1. The number of methoxy groups -OCH3 is 1. The number of nitrogens with one attached hydrogen (secondary N) is 1. The van der Waals surface area contributed by atoms with E-state index in [2.05, 4.69) is 9.62 Å². The zero-order valence-electron chi connectivity index (χ0n) is 19.7. The van der Waals surface area contributed by atoms with Gasteiger partial charge in [-0.15, -0.1) is 0 Å². The molecule has 3 aromatic carbocycles. The van der Waals surface area contributed by atoms with E-state index in [1.54, 1.807) is 0 Å². The van der Waals surface area contributed by atoms with Gasteiger partial charge in [0.05, 0.1) is 29.6 Å². The number of sulfonamides is 1. The normalized spacial score (nSPS) is 14.4. The molecule has 0 spiro atoms. The fraction of sp³-hybridized carbons (Fsp3) is 0.240. The summed E-state index contributed by atoms with van der Waals surface area (Å²) in [5.74, 6) is -1.52. The van der Waals surface area contributed by atoms with E-state index in [0.717, 1.165) is 23.9 Å². The third-order valence-corrected chi connectivity index (χ3v) is 7.40. The van der Waals surface area contributed by atoms with Gasteiger partial charge >= 0.3 is 12.1 Å². The van der Waals surface area contributed by atoms with Crippen molar-refractivity contribution >= 4 is 33.1 Å².